The maximum atomic E-state index is 12.0. The quantitative estimate of drug-likeness (QED) is 0.341. The molecule has 3 N–H and O–H groups in total. The highest BCUT2D eigenvalue weighted by Gasteiger charge is 2.08. The van der Waals surface area contributed by atoms with Gasteiger partial charge in [-0.25, -0.2) is 15.0 Å². The molecule has 0 atom stereocenters. The average molecular weight is 447 g/mol. The van der Waals surface area contributed by atoms with Crippen LogP contribution in [-0.4, -0.2) is 30.4 Å². The molecular weight excluding hydrogens is 422 g/mol. The van der Waals surface area contributed by atoms with Crippen LogP contribution in [-0.2, 0) is 6.61 Å². The van der Waals surface area contributed by atoms with E-state index in [4.69, 9.17) is 14.6 Å². The Balaban J connectivity index is 1.58. The molecule has 0 aliphatic carbocycles. The second kappa shape index (κ2) is 10.8. The van der Waals surface area contributed by atoms with Crippen LogP contribution >= 0.6 is 0 Å². The lowest BCUT2D eigenvalue weighted by atomic mass is 10.1. The fourth-order valence-electron chi connectivity index (χ4n) is 2.98. The number of ether oxygens (including phenoxy) is 2. The zero-order valence-electron chi connectivity index (χ0n) is 18.6. The molecule has 0 fully saturated rings. The van der Waals surface area contributed by atoms with Crippen molar-refractivity contribution in [2.75, 3.05) is 12.4 Å². The lowest BCUT2D eigenvalue weighted by molar-refractivity contribution is 0.0696. The third-order valence-electron chi connectivity index (χ3n) is 4.90. The Morgan fingerprint density at radius 3 is 2.55 bits per heavy atom. The third kappa shape index (κ3) is 6.57. The highest BCUT2D eigenvalue weighted by atomic mass is 16.5. The van der Waals surface area contributed by atoms with Crippen molar-refractivity contribution in [3.05, 3.63) is 88.5 Å². The molecular formula is C25H25N3O5. The molecule has 170 valence electrons. The summed E-state index contributed by atoms with van der Waals surface area (Å²) in [4.78, 5) is 23.2. The summed E-state index contributed by atoms with van der Waals surface area (Å²) in [6, 6.07) is 16.9. The first-order chi connectivity index (χ1) is 15.9. The molecule has 3 aromatic carbocycles. The Hall–Kier alpha value is -4.33. The highest BCUT2D eigenvalue weighted by Crippen LogP contribution is 2.28. The lowest BCUT2D eigenvalue weighted by Crippen LogP contribution is -2.24. The van der Waals surface area contributed by atoms with Crippen LogP contribution in [0.15, 0.2) is 65.8 Å². The van der Waals surface area contributed by atoms with Crippen molar-refractivity contribution in [3.8, 4) is 11.5 Å². The molecule has 0 heterocycles. The van der Waals surface area contributed by atoms with Gasteiger partial charge in [0.15, 0.2) is 11.5 Å². The summed E-state index contributed by atoms with van der Waals surface area (Å²) < 4.78 is 11.2. The molecule has 0 radical (unpaired) electrons. The number of anilines is 1. The van der Waals surface area contributed by atoms with Gasteiger partial charge in [0.25, 0.3) is 0 Å². The van der Waals surface area contributed by atoms with Gasteiger partial charge in [-0.05, 0) is 78.6 Å². The zero-order chi connectivity index (χ0) is 23.8. The van der Waals surface area contributed by atoms with Crippen LogP contribution in [0.5, 0.6) is 11.5 Å². The number of carbonyl (C=O) groups excluding carboxylic acids is 1. The fourth-order valence-corrected chi connectivity index (χ4v) is 2.98. The normalized spacial score (nSPS) is 10.6. The van der Waals surface area contributed by atoms with E-state index < -0.39 is 12.0 Å². The van der Waals surface area contributed by atoms with E-state index in [0.717, 1.165) is 16.7 Å². The number of benzene rings is 3. The number of methoxy groups -OCH3 is 1. The Bertz CT molecular complexity index is 1190. The van der Waals surface area contributed by atoms with Crippen LogP contribution < -0.4 is 20.2 Å². The van der Waals surface area contributed by atoms with E-state index in [2.05, 4.69) is 15.8 Å². The Labute approximate surface area is 191 Å². The van der Waals surface area contributed by atoms with Crippen molar-refractivity contribution < 1.29 is 24.2 Å². The number of amides is 2. The Morgan fingerprint density at radius 1 is 1.00 bits per heavy atom. The monoisotopic (exact) mass is 447 g/mol. The minimum Gasteiger partial charge on any atom is -0.493 e. The van der Waals surface area contributed by atoms with Crippen molar-refractivity contribution in [2.45, 2.75) is 20.5 Å². The van der Waals surface area contributed by atoms with E-state index in [1.807, 2.05) is 32.0 Å². The molecule has 3 aromatic rings. The number of urea groups is 1. The molecule has 0 aromatic heterocycles. The van der Waals surface area contributed by atoms with Crippen LogP contribution in [0.2, 0.25) is 0 Å². The SMILES string of the molecule is COc1cc(/C=N/NC(=O)Nc2ccc(C)c(C)c2)ccc1OCc1cccc(C(=O)O)c1. The van der Waals surface area contributed by atoms with Crippen LogP contribution in [0.4, 0.5) is 10.5 Å². The number of aromatic carboxylic acids is 1. The molecule has 0 saturated heterocycles. The summed E-state index contributed by atoms with van der Waals surface area (Å²) in [5.74, 6) is -0.0157. The van der Waals surface area contributed by atoms with Crippen molar-refractivity contribution in [2.24, 2.45) is 5.10 Å². The number of nitrogens with one attached hydrogen (secondary N) is 2. The number of nitrogens with zero attached hydrogens (tertiary/aromatic N) is 1. The van der Waals surface area contributed by atoms with Gasteiger partial charge < -0.3 is 19.9 Å². The van der Waals surface area contributed by atoms with Crippen LogP contribution in [0.3, 0.4) is 0 Å². The number of carbonyl (C=O) groups is 2. The first kappa shape index (κ1) is 23.3. The van der Waals surface area contributed by atoms with Crippen molar-refractivity contribution in [1.82, 2.24) is 5.43 Å². The summed E-state index contributed by atoms with van der Waals surface area (Å²) in [6.45, 7) is 4.17. The second-order valence-electron chi connectivity index (χ2n) is 7.33. The average Bonchev–Trinajstić information content (AvgIpc) is 2.80. The number of carboxylic acid groups (broad SMARTS) is 1. The fraction of sp³-hybridized carbons (Fsp3) is 0.160. The minimum absolute atomic E-state index is 0.186. The van der Waals surface area contributed by atoms with E-state index in [9.17, 15) is 9.59 Å². The molecule has 0 saturated carbocycles. The van der Waals surface area contributed by atoms with E-state index in [-0.39, 0.29) is 12.2 Å². The molecule has 0 bridgehead atoms. The summed E-state index contributed by atoms with van der Waals surface area (Å²) in [5, 5.41) is 15.8. The number of hydrogen-bond donors (Lipinski definition) is 3. The molecule has 0 unspecified atom stereocenters. The van der Waals surface area contributed by atoms with Crippen molar-refractivity contribution >= 4 is 23.9 Å². The number of aryl methyl sites for hydroxylation is 2. The summed E-state index contributed by atoms with van der Waals surface area (Å²) in [5.41, 5.74) is 6.96. The zero-order valence-corrected chi connectivity index (χ0v) is 18.6. The van der Waals surface area contributed by atoms with Gasteiger partial charge in [-0.3, -0.25) is 0 Å². The van der Waals surface area contributed by atoms with Gasteiger partial charge >= 0.3 is 12.0 Å². The smallest absolute Gasteiger partial charge is 0.339 e. The largest absolute Gasteiger partial charge is 0.493 e. The Kier molecular flexibility index (Phi) is 7.64. The highest BCUT2D eigenvalue weighted by molar-refractivity contribution is 5.90. The molecule has 2 amide bonds. The van der Waals surface area contributed by atoms with Gasteiger partial charge in [-0.2, -0.15) is 5.10 Å². The predicted molar refractivity (Wildman–Crippen MR) is 126 cm³/mol. The van der Waals surface area contributed by atoms with Crippen molar-refractivity contribution in [3.63, 3.8) is 0 Å². The van der Waals surface area contributed by atoms with Crippen LogP contribution in [0, 0.1) is 13.8 Å². The molecule has 8 nitrogen and oxygen atoms in total. The van der Waals surface area contributed by atoms with Crippen LogP contribution in [0.1, 0.15) is 32.6 Å². The van der Waals surface area contributed by atoms with E-state index in [0.29, 0.717) is 22.7 Å². The van der Waals surface area contributed by atoms with Crippen LogP contribution in [0.25, 0.3) is 0 Å². The van der Waals surface area contributed by atoms with Gasteiger partial charge in [0.05, 0.1) is 18.9 Å². The van der Waals surface area contributed by atoms with Gasteiger partial charge in [-0.1, -0.05) is 18.2 Å². The molecule has 0 aliphatic heterocycles. The number of rotatable bonds is 8. The first-order valence-corrected chi connectivity index (χ1v) is 10.2. The predicted octanol–water partition coefficient (Wildman–Crippen LogP) is 4.74. The molecule has 8 heteroatoms. The summed E-state index contributed by atoms with van der Waals surface area (Å²) in [7, 11) is 1.52. The lowest BCUT2D eigenvalue weighted by Gasteiger charge is -2.11. The van der Waals surface area contributed by atoms with Gasteiger partial charge in [0, 0.05) is 5.69 Å². The van der Waals surface area contributed by atoms with Gasteiger partial charge in [0.1, 0.15) is 6.61 Å². The number of carboxylic acids is 1. The van der Waals surface area contributed by atoms with E-state index in [1.54, 1.807) is 36.4 Å². The van der Waals surface area contributed by atoms with Gasteiger partial charge in [-0.15, -0.1) is 0 Å². The first-order valence-electron chi connectivity index (χ1n) is 10.2. The van der Waals surface area contributed by atoms with Crippen molar-refractivity contribution in [1.29, 1.82) is 0 Å². The maximum Gasteiger partial charge on any atom is 0.339 e. The topological polar surface area (TPSA) is 109 Å². The molecule has 0 aliphatic rings. The van der Waals surface area contributed by atoms with E-state index in [1.165, 1.54) is 19.4 Å². The van der Waals surface area contributed by atoms with Gasteiger partial charge in [0.2, 0.25) is 0 Å². The third-order valence-corrected chi connectivity index (χ3v) is 4.90. The summed E-state index contributed by atoms with van der Waals surface area (Å²) >= 11 is 0. The van der Waals surface area contributed by atoms with E-state index >= 15 is 0 Å². The molecule has 33 heavy (non-hydrogen) atoms. The Morgan fingerprint density at radius 2 is 1.82 bits per heavy atom. The second-order valence-corrected chi connectivity index (χ2v) is 7.33. The number of hydrazone groups is 1. The summed E-state index contributed by atoms with van der Waals surface area (Å²) in [6.07, 6.45) is 1.49. The maximum absolute atomic E-state index is 12.0. The number of hydrogen-bond acceptors (Lipinski definition) is 5. The standard InChI is InChI=1S/C25H25N3O5/c1-16-7-9-21(11-17(16)2)27-25(31)28-26-14-18-8-10-22(23(13-18)32-3)33-15-19-5-4-6-20(12-19)24(29)30/h4-14H,15H2,1-3H3,(H,29,30)(H2,27,28,31)/b26-14+. The minimum atomic E-state index is -0.991. The molecule has 3 rings (SSSR count). The molecule has 0 spiro atoms.